The van der Waals surface area contributed by atoms with Crippen LogP contribution in [0.3, 0.4) is 0 Å². The summed E-state index contributed by atoms with van der Waals surface area (Å²) in [7, 11) is 0. The number of benzene rings is 5. The molecular formula is C100H128Cl2F2N20O12S2. The van der Waals surface area contributed by atoms with Gasteiger partial charge in [-0.15, -0.1) is 22.7 Å². The third kappa shape index (κ3) is 33.2. The molecular weight excluding hydrogens is 1850 g/mol. The lowest BCUT2D eigenvalue weighted by Crippen LogP contribution is -2.42. The van der Waals surface area contributed by atoms with E-state index < -0.39 is 88.0 Å². The van der Waals surface area contributed by atoms with Crippen molar-refractivity contribution >= 4 is 120 Å². The van der Waals surface area contributed by atoms with Crippen molar-refractivity contribution in [2.45, 2.75) is 242 Å². The maximum Gasteiger partial charge on any atom is 0.435 e. The van der Waals surface area contributed by atoms with Crippen molar-refractivity contribution in [2.24, 2.45) is 27.2 Å². The molecule has 0 spiro atoms. The Bertz CT molecular complexity index is 6180. The molecule has 138 heavy (non-hydrogen) atoms. The number of nitrogens with two attached hydrogens (primary N) is 3. The van der Waals surface area contributed by atoms with Crippen LogP contribution in [-0.2, 0) is 43.1 Å². The fourth-order valence-electron chi connectivity index (χ4n) is 14.5. The summed E-state index contributed by atoms with van der Waals surface area (Å²) in [6.07, 6.45) is 16.1. The molecule has 0 saturated heterocycles. The first kappa shape index (κ1) is 109. The number of carbonyl (C=O) groups is 5. The number of nitrogens with zero attached hydrogens (tertiary/aromatic N) is 13. The first-order valence-electron chi connectivity index (χ1n) is 45.3. The van der Waals surface area contributed by atoms with Gasteiger partial charge in [0.15, 0.2) is 27.9 Å². The molecule has 0 fully saturated rings. The normalized spacial score (nSPS) is 12.6. The number of aromatic nitrogens is 10. The van der Waals surface area contributed by atoms with Crippen molar-refractivity contribution in [1.82, 2.24) is 63.7 Å². The molecule has 0 aliphatic carbocycles. The zero-order valence-electron chi connectivity index (χ0n) is 80.3. The lowest BCUT2D eigenvalue weighted by atomic mass is 10.0. The number of hydrogen-bond donors (Lipinski definition) is 7. The number of imidazole rings is 1. The summed E-state index contributed by atoms with van der Waals surface area (Å²) < 4.78 is 63.4. The van der Waals surface area contributed by atoms with Crippen molar-refractivity contribution in [1.29, 1.82) is 0 Å². The monoisotopic (exact) mass is 1970 g/mol. The minimum atomic E-state index is -0.759. The van der Waals surface area contributed by atoms with Crippen LogP contribution >= 0.6 is 45.9 Å². The summed E-state index contributed by atoms with van der Waals surface area (Å²) in [4.78, 5) is 132. The minimum Gasteiger partial charge on any atom is -0.445 e. The molecule has 10 N–H and O–H groups in total. The van der Waals surface area contributed by atoms with E-state index in [1.807, 2.05) is 122 Å². The second-order valence-corrected chi connectivity index (χ2v) is 39.6. The van der Waals surface area contributed by atoms with E-state index in [1.54, 1.807) is 172 Å². The number of aromatic amines is 2. The quantitative estimate of drug-likeness (QED) is 0.00852. The van der Waals surface area contributed by atoms with E-state index in [1.165, 1.54) is 36.7 Å². The van der Waals surface area contributed by atoms with Gasteiger partial charge < -0.3 is 71.3 Å². The number of hydrogen-bond acceptors (Lipinski definition) is 22. The highest BCUT2D eigenvalue weighted by Gasteiger charge is 2.35. The largest absolute Gasteiger partial charge is 0.445 e. The highest BCUT2D eigenvalue weighted by molar-refractivity contribution is 7.14. The van der Waals surface area contributed by atoms with E-state index in [4.69, 9.17) is 64.1 Å². The average molecular weight is 1980 g/mol. The third-order valence-corrected chi connectivity index (χ3v) is 22.9. The standard InChI is InChI=1S/C51H61ClFN7O7S.C38H48ClFN10O3S.C10H15N3O2.CH4/c1-9-10-25-58(48(63)66-50(3,4)5)42(23-26-59(46-54-24-27-68-46)49(64)67-51(6,7)8)36-19-21-38(22-20-36)60-31-37-30-41(56-44(37)57-45(60)61)39-28-35(29-40(52)43(39)53)18-14-15-33(2)55-47(62)65-32-34-16-12-11-13-17-34;1-23(41)7-5-8-24-19-28(32(40)29(39)20-24)30-21-26-22-50(36(51)48-33(26)47-30)27-11-9-25(10-12-27)31(13-15-45-35-46-16-18-54-35)49(17-6-14-44-34(42)43)37(52)53-38(2,3)4;1-8(13-6-5-11-7-13)12-9(14)15-10(2,3)4;/h11-13,16-17,19-22,24,27-31,33,42H,9-10,14-15,18,23,25-26,32H2,1-8H3,(H,55,62)(H,56,57,61);9-12,16,18-23,31H,5-8,13-15,17,41H2,1-4H3,(H,45,46)(H4,42,43,44)(H,47,48,51);5-7H,1-4H3;1H4/t33-,42-;23-,31-;;/m00../s1. The van der Waals surface area contributed by atoms with Crippen molar-refractivity contribution in [3.63, 3.8) is 0 Å². The second-order valence-electron chi connectivity index (χ2n) is 37.0. The lowest BCUT2D eigenvalue weighted by Gasteiger charge is -2.35. The Morgan fingerprint density at radius 2 is 1.09 bits per heavy atom. The highest BCUT2D eigenvalue weighted by Crippen LogP contribution is 2.37. The maximum absolute atomic E-state index is 15.7. The third-order valence-electron chi connectivity index (χ3n) is 20.8. The Labute approximate surface area is 821 Å². The highest BCUT2D eigenvalue weighted by atomic mass is 35.5. The molecule has 32 nitrogen and oxygen atoms in total. The van der Waals surface area contributed by atoms with Crippen molar-refractivity contribution < 1.29 is 56.4 Å². The number of fused-ring (bicyclic) bond motifs is 2. The number of aliphatic imine (C=N–C) groups is 2. The number of unbranched alkanes of at least 4 members (excludes halogenated alkanes) is 1. The lowest BCUT2D eigenvalue weighted by molar-refractivity contribution is 0.0137. The number of ether oxygens (including phenoxy) is 5. The number of guanidine groups is 1. The Kier molecular flexibility index (Phi) is 39.3. The molecule has 0 bridgehead atoms. The molecule has 740 valence electrons. The van der Waals surface area contributed by atoms with Gasteiger partial charge in [-0.05, 0) is 257 Å². The molecule has 5 amide bonds. The van der Waals surface area contributed by atoms with E-state index in [0.29, 0.717) is 133 Å². The van der Waals surface area contributed by atoms with Gasteiger partial charge in [0.1, 0.15) is 52.5 Å². The first-order chi connectivity index (χ1) is 64.8. The number of H-pyrrole nitrogens is 2. The number of halogens is 4. The predicted octanol–water partition coefficient (Wildman–Crippen LogP) is 21.6. The number of amides is 5. The molecule has 38 heteroatoms. The number of carbonyl (C=O) groups excluding carboxylic acids is 5. The molecule has 7 heterocycles. The number of rotatable bonds is 34. The molecule has 4 atom stereocenters. The molecule has 0 unspecified atom stereocenters. The summed E-state index contributed by atoms with van der Waals surface area (Å²) in [6, 6.07) is 33.2. The number of anilines is 2. The van der Waals surface area contributed by atoms with Gasteiger partial charge >= 0.3 is 41.8 Å². The number of aryl methyl sites for hydroxylation is 2. The molecule has 7 aromatic heterocycles. The van der Waals surface area contributed by atoms with Crippen LogP contribution in [0.25, 0.3) is 56.0 Å². The van der Waals surface area contributed by atoms with Crippen LogP contribution in [0.15, 0.2) is 189 Å². The summed E-state index contributed by atoms with van der Waals surface area (Å²) >= 11 is 15.5. The van der Waals surface area contributed by atoms with E-state index in [9.17, 15) is 33.6 Å². The van der Waals surface area contributed by atoms with Gasteiger partial charge in [0.2, 0.25) is 0 Å². The van der Waals surface area contributed by atoms with E-state index in [-0.39, 0.29) is 59.9 Å². The van der Waals surface area contributed by atoms with Crippen molar-refractivity contribution in [3.05, 3.63) is 240 Å². The SMILES string of the molecule is C.CC(=NC(=O)OC(C)(C)C)n1ccnc1.CCCCN(C(=O)OC(C)(C)C)[C@@H](CCN(C(=O)OC(C)(C)C)c1nccs1)c1ccc(-n2cc3cc(-c4cc(CCC[C@H](C)NC(=O)OCc5ccccc5)cc(Cl)c4F)[nH]c3nc2=O)cc1.C[C@H](N)CCCc1cc(Cl)c(F)c(-c2cc3cn(-c4ccc([C@H](CCNc5nccs5)N(CCCN=C(N)N)C(=O)OC(C)(C)C)cc4)c(=O)nc3[nH]2)c1. The zero-order chi connectivity index (χ0) is 99.6. The van der Waals surface area contributed by atoms with E-state index >= 15 is 8.78 Å². The molecule has 0 aliphatic heterocycles. The smallest absolute Gasteiger partial charge is 0.435 e. The summed E-state index contributed by atoms with van der Waals surface area (Å²) in [5, 5.41) is 12.2. The summed E-state index contributed by atoms with van der Waals surface area (Å²) in [5.74, 6) is -0.662. The summed E-state index contributed by atoms with van der Waals surface area (Å²) in [6.45, 7) is 31.2. The Balaban J connectivity index is 0.000000271. The van der Waals surface area contributed by atoms with Crippen LogP contribution < -0.4 is 44.1 Å². The Morgan fingerprint density at radius 3 is 1.57 bits per heavy atom. The zero-order valence-corrected chi connectivity index (χ0v) is 83.4. The predicted molar refractivity (Wildman–Crippen MR) is 544 cm³/mol. The van der Waals surface area contributed by atoms with Gasteiger partial charge in [0, 0.05) is 115 Å². The fraction of sp³-hybridized carbons (Fsp3) is 0.420. The second kappa shape index (κ2) is 49.9. The van der Waals surface area contributed by atoms with E-state index in [0.717, 1.165) is 52.2 Å². The van der Waals surface area contributed by atoms with Crippen molar-refractivity contribution in [3.8, 4) is 33.9 Å². The average Bonchev–Trinajstić information content (AvgIpc) is 1.64. The molecule has 0 radical (unpaired) electrons. The van der Waals surface area contributed by atoms with Crippen LogP contribution in [0.2, 0.25) is 10.0 Å². The van der Waals surface area contributed by atoms with Gasteiger partial charge in [-0.1, -0.05) is 98.6 Å². The van der Waals surface area contributed by atoms with Gasteiger partial charge in [-0.25, -0.2) is 57.3 Å². The summed E-state index contributed by atoms with van der Waals surface area (Å²) in [5.41, 5.74) is 20.4. The molecule has 0 aliphatic rings. The number of nitrogens with one attached hydrogen (secondary N) is 4. The van der Waals surface area contributed by atoms with Gasteiger partial charge in [0.25, 0.3) is 0 Å². The molecule has 0 saturated carbocycles. The topological polar surface area (TPSA) is 413 Å². The van der Waals surface area contributed by atoms with Crippen molar-refractivity contribution in [2.75, 3.05) is 42.9 Å². The van der Waals surface area contributed by atoms with Crippen LogP contribution in [0, 0.1) is 11.6 Å². The van der Waals surface area contributed by atoms with Gasteiger partial charge in [-0.3, -0.25) is 23.6 Å². The first-order valence-corrected chi connectivity index (χ1v) is 47.9. The molecule has 12 aromatic rings. The molecule has 5 aromatic carbocycles. The number of alkyl carbamates (subject to hydrolysis) is 1. The van der Waals surface area contributed by atoms with Crippen LogP contribution in [0.4, 0.5) is 43.0 Å². The number of thiazole rings is 2. The van der Waals surface area contributed by atoms with Gasteiger partial charge in [-0.2, -0.15) is 15.0 Å². The Hall–Kier alpha value is -12.9. The van der Waals surface area contributed by atoms with Crippen LogP contribution in [0.1, 0.15) is 216 Å². The van der Waals surface area contributed by atoms with Crippen LogP contribution in [0.5, 0.6) is 0 Å². The van der Waals surface area contributed by atoms with Crippen LogP contribution in [-0.4, -0.2) is 168 Å². The fourth-order valence-corrected chi connectivity index (χ4v) is 16.2. The van der Waals surface area contributed by atoms with E-state index in [2.05, 4.69) is 55.5 Å². The molecule has 12 rings (SSSR count). The maximum atomic E-state index is 15.7. The Morgan fingerprint density at radius 1 is 0.594 bits per heavy atom. The van der Waals surface area contributed by atoms with Gasteiger partial charge in [0.05, 0.1) is 44.9 Å². The minimum absolute atomic E-state index is 0.